The molecule has 0 spiro atoms. The minimum absolute atomic E-state index is 0.0522. The van der Waals surface area contributed by atoms with Gasteiger partial charge in [-0.3, -0.25) is 0 Å². The molecule has 0 bridgehead atoms. The van der Waals surface area contributed by atoms with Crippen LogP contribution in [0.3, 0.4) is 0 Å². The topological polar surface area (TPSA) is 20.2 Å². The number of rotatable bonds is 8. The summed E-state index contributed by atoms with van der Waals surface area (Å²) < 4.78 is 0. The summed E-state index contributed by atoms with van der Waals surface area (Å²) in [7, 11) is 0. The normalized spacial score (nSPS) is 18.2. The van der Waals surface area contributed by atoms with Crippen LogP contribution in [-0.2, 0) is 16.2 Å². The first kappa shape index (κ1) is 25.5. The van der Waals surface area contributed by atoms with Crippen LogP contribution >= 0.6 is 0 Å². The van der Waals surface area contributed by atoms with Crippen LogP contribution in [0.4, 0.5) is 0 Å². The summed E-state index contributed by atoms with van der Waals surface area (Å²) in [5.74, 6) is 0. The van der Waals surface area contributed by atoms with Crippen LogP contribution < -0.4 is 0 Å². The Kier molecular flexibility index (Phi) is 6.62. The zero-order chi connectivity index (χ0) is 26.3. The molecule has 4 aromatic carbocycles. The van der Waals surface area contributed by atoms with Crippen LogP contribution in [0.5, 0.6) is 0 Å². The molecule has 0 aromatic heterocycles. The third-order valence-corrected chi connectivity index (χ3v) is 9.33. The van der Waals surface area contributed by atoms with Gasteiger partial charge < -0.3 is 5.11 Å². The maximum absolute atomic E-state index is 9.84. The molecule has 5 rings (SSSR count). The van der Waals surface area contributed by atoms with Crippen LogP contribution in [0.2, 0.25) is 0 Å². The molecule has 1 N–H and O–H groups in total. The lowest BCUT2D eigenvalue weighted by Gasteiger charge is -2.33. The Hall–Kier alpha value is -3.16. The molecular formula is C36H40O. The molecule has 1 nitrogen and oxygen atoms in total. The van der Waals surface area contributed by atoms with Gasteiger partial charge in [-0.2, -0.15) is 0 Å². The third-order valence-electron chi connectivity index (χ3n) is 9.33. The predicted molar refractivity (Wildman–Crippen MR) is 156 cm³/mol. The van der Waals surface area contributed by atoms with Crippen LogP contribution in [0.1, 0.15) is 87.3 Å². The zero-order valence-corrected chi connectivity index (χ0v) is 23.0. The van der Waals surface area contributed by atoms with Gasteiger partial charge in [-0.1, -0.05) is 132 Å². The first-order chi connectivity index (χ1) is 17.8. The van der Waals surface area contributed by atoms with E-state index in [0.717, 1.165) is 19.3 Å². The van der Waals surface area contributed by atoms with Crippen molar-refractivity contribution >= 4 is 0 Å². The fourth-order valence-electron chi connectivity index (χ4n) is 6.45. The van der Waals surface area contributed by atoms with Gasteiger partial charge in [-0.15, -0.1) is 0 Å². The number of aliphatic hydroxyl groups excluding tert-OH is 1. The van der Waals surface area contributed by atoms with E-state index < -0.39 is 0 Å². The van der Waals surface area contributed by atoms with Gasteiger partial charge in [0.25, 0.3) is 0 Å². The lowest BCUT2D eigenvalue weighted by Crippen LogP contribution is -2.26. The maximum atomic E-state index is 9.84. The van der Waals surface area contributed by atoms with Crippen molar-refractivity contribution in [1.82, 2.24) is 0 Å². The highest BCUT2D eigenvalue weighted by molar-refractivity contribution is 5.82. The molecular weight excluding hydrogens is 448 g/mol. The largest absolute Gasteiger partial charge is 0.396 e. The molecule has 2 unspecified atom stereocenters. The number of fused-ring (bicyclic) bond motifs is 3. The molecule has 1 heteroatoms. The lowest BCUT2D eigenvalue weighted by atomic mass is 9.70. The summed E-state index contributed by atoms with van der Waals surface area (Å²) >= 11 is 0. The minimum atomic E-state index is -0.141. The smallest absolute Gasteiger partial charge is 0.0431 e. The summed E-state index contributed by atoms with van der Waals surface area (Å²) in [6, 6.07) is 36.0. The van der Waals surface area contributed by atoms with Gasteiger partial charge in [0, 0.05) is 22.9 Å². The van der Waals surface area contributed by atoms with E-state index in [-0.39, 0.29) is 22.9 Å². The molecule has 0 heterocycles. The van der Waals surface area contributed by atoms with Gasteiger partial charge in [0.05, 0.1) is 0 Å². The molecule has 0 amide bonds. The monoisotopic (exact) mass is 488 g/mol. The standard InChI is InChI=1S/C36H40O/c1-6-35(4,27-16-11-8-12-17-27)29-19-21-31-30-20-18-28(34(2,3)26-14-9-7-10-15-26)24-32(30)36(5,22-13-23-37)33(31)25-29/h7-12,14-21,24-25,37H,6,13,22-23H2,1-5H3. The Morgan fingerprint density at radius 2 is 1.16 bits per heavy atom. The van der Waals surface area contributed by atoms with Gasteiger partial charge in [0.15, 0.2) is 0 Å². The van der Waals surface area contributed by atoms with Crippen molar-refractivity contribution < 1.29 is 5.11 Å². The quantitative estimate of drug-likeness (QED) is 0.263. The first-order valence-electron chi connectivity index (χ1n) is 13.8. The second-order valence-electron chi connectivity index (χ2n) is 11.7. The zero-order valence-electron chi connectivity index (χ0n) is 23.0. The molecule has 1 aliphatic rings. The Morgan fingerprint density at radius 1 is 0.649 bits per heavy atom. The van der Waals surface area contributed by atoms with E-state index in [0.29, 0.717) is 0 Å². The molecule has 0 aliphatic heterocycles. The van der Waals surface area contributed by atoms with Gasteiger partial charge in [0.2, 0.25) is 0 Å². The van der Waals surface area contributed by atoms with E-state index in [9.17, 15) is 5.11 Å². The molecule has 0 saturated carbocycles. The van der Waals surface area contributed by atoms with Crippen molar-refractivity contribution in [2.75, 3.05) is 6.61 Å². The molecule has 37 heavy (non-hydrogen) atoms. The minimum Gasteiger partial charge on any atom is -0.396 e. The van der Waals surface area contributed by atoms with E-state index in [2.05, 4.69) is 132 Å². The third kappa shape index (κ3) is 4.14. The van der Waals surface area contributed by atoms with E-state index >= 15 is 0 Å². The van der Waals surface area contributed by atoms with Gasteiger partial charge in [-0.25, -0.2) is 0 Å². The van der Waals surface area contributed by atoms with E-state index in [1.165, 1.54) is 44.5 Å². The van der Waals surface area contributed by atoms with Crippen molar-refractivity contribution in [2.24, 2.45) is 0 Å². The van der Waals surface area contributed by atoms with Crippen LogP contribution in [-0.4, -0.2) is 11.7 Å². The average Bonchev–Trinajstić information content (AvgIpc) is 3.19. The molecule has 0 radical (unpaired) electrons. The van der Waals surface area contributed by atoms with E-state index in [4.69, 9.17) is 0 Å². The highest BCUT2D eigenvalue weighted by atomic mass is 16.2. The molecule has 0 saturated heterocycles. The van der Waals surface area contributed by atoms with Crippen LogP contribution in [0.15, 0.2) is 97.1 Å². The Bertz CT molecular complexity index is 1390. The Labute approximate surface area is 223 Å². The molecule has 0 fully saturated rings. The summed E-state index contributed by atoms with van der Waals surface area (Å²) in [4.78, 5) is 0. The van der Waals surface area contributed by atoms with Crippen molar-refractivity contribution in [3.05, 3.63) is 130 Å². The Morgan fingerprint density at radius 3 is 1.70 bits per heavy atom. The van der Waals surface area contributed by atoms with Crippen molar-refractivity contribution in [2.45, 2.75) is 70.1 Å². The summed E-state index contributed by atoms with van der Waals surface area (Å²) in [5.41, 5.74) is 10.6. The first-order valence-corrected chi connectivity index (χ1v) is 13.8. The highest BCUT2D eigenvalue weighted by Crippen LogP contribution is 2.53. The Balaban J connectivity index is 1.65. The van der Waals surface area contributed by atoms with Crippen LogP contribution in [0.25, 0.3) is 11.1 Å². The second-order valence-corrected chi connectivity index (χ2v) is 11.7. The number of benzene rings is 4. The second kappa shape index (κ2) is 9.62. The number of hydrogen-bond acceptors (Lipinski definition) is 1. The van der Waals surface area contributed by atoms with Gasteiger partial charge >= 0.3 is 0 Å². The SMILES string of the molecule is CCC(C)(c1ccccc1)c1ccc2c(c1)C(C)(CCCO)c1cc(C(C)(C)c3ccccc3)ccc1-2. The molecule has 4 aromatic rings. The number of hydrogen-bond donors (Lipinski definition) is 1. The van der Waals surface area contributed by atoms with Crippen molar-refractivity contribution in [1.29, 1.82) is 0 Å². The fourth-order valence-corrected chi connectivity index (χ4v) is 6.45. The van der Waals surface area contributed by atoms with E-state index in [1.807, 2.05) is 0 Å². The molecule has 1 aliphatic carbocycles. The average molecular weight is 489 g/mol. The highest BCUT2D eigenvalue weighted by Gasteiger charge is 2.41. The van der Waals surface area contributed by atoms with Crippen molar-refractivity contribution in [3.8, 4) is 11.1 Å². The van der Waals surface area contributed by atoms with E-state index in [1.54, 1.807) is 0 Å². The van der Waals surface area contributed by atoms with Crippen LogP contribution in [0, 0.1) is 0 Å². The summed E-state index contributed by atoms with van der Waals surface area (Å²) in [5, 5.41) is 9.84. The van der Waals surface area contributed by atoms with Gasteiger partial charge in [0.1, 0.15) is 0 Å². The summed E-state index contributed by atoms with van der Waals surface area (Å²) in [6.45, 7) is 11.9. The lowest BCUT2D eigenvalue weighted by molar-refractivity contribution is 0.273. The maximum Gasteiger partial charge on any atom is 0.0431 e. The fraction of sp³-hybridized carbons (Fsp3) is 0.333. The molecule has 2 atom stereocenters. The predicted octanol–water partition coefficient (Wildman–Crippen LogP) is 8.79. The van der Waals surface area contributed by atoms with Crippen molar-refractivity contribution in [3.63, 3.8) is 0 Å². The van der Waals surface area contributed by atoms with Gasteiger partial charge in [-0.05, 0) is 63.8 Å². The molecule has 190 valence electrons. The number of aliphatic hydroxyl groups is 1. The summed E-state index contributed by atoms with van der Waals surface area (Å²) in [6.07, 6.45) is 2.75.